The molecule has 0 aliphatic heterocycles. The zero-order chi connectivity index (χ0) is 17.1. The van der Waals surface area contributed by atoms with Gasteiger partial charge in [0.05, 0.1) is 11.6 Å². The summed E-state index contributed by atoms with van der Waals surface area (Å²) >= 11 is 5.98. The van der Waals surface area contributed by atoms with Gasteiger partial charge in [-0.15, -0.1) is 0 Å². The average Bonchev–Trinajstić information content (AvgIpc) is 2.88. The molecule has 1 aromatic heterocycles. The van der Waals surface area contributed by atoms with Crippen LogP contribution >= 0.6 is 11.6 Å². The highest BCUT2D eigenvalue weighted by Crippen LogP contribution is 2.25. The van der Waals surface area contributed by atoms with E-state index in [4.69, 9.17) is 11.6 Å². The molecule has 24 heavy (non-hydrogen) atoms. The Balaban J connectivity index is 2.08. The first-order valence-electron chi connectivity index (χ1n) is 7.72. The minimum Gasteiger partial charge on any atom is -0.318 e. The van der Waals surface area contributed by atoms with Gasteiger partial charge in [0.2, 0.25) is 0 Å². The Labute approximate surface area is 147 Å². The maximum Gasteiger partial charge on any atom is 0.0998 e. The SMILES string of the molecule is Cc1cc(/C=C(/C#N)c2ccccc2)c(C)n1-c1ccc(Cl)cc1. The van der Waals surface area contributed by atoms with Gasteiger partial charge >= 0.3 is 0 Å². The second-order valence-corrected chi connectivity index (χ2v) is 6.11. The number of nitrogens with zero attached hydrogens (tertiary/aromatic N) is 2. The molecule has 2 aromatic carbocycles. The van der Waals surface area contributed by atoms with Crippen molar-refractivity contribution in [3.05, 3.63) is 88.2 Å². The number of rotatable bonds is 3. The van der Waals surface area contributed by atoms with Gasteiger partial charge in [0.1, 0.15) is 0 Å². The third-order valence-corrected chi connectivity index (χ3v) is 4.31. The molecule has 0 spiro atoms. The van der Waals surface area contributed by atoms with Gasteiger partial charge in [-0.2, -0.15) is 5.26 Å². The lowest BCUT2D eigenvalue weighted by atomic mass is 10.0. The molecule has 0 bridgehead atoms. The Morgan fingerprint density at radius 2 is 1.71 bits per heavy atom. The molecule has 0 saturated heterocycles. The summed E-state index contributed by atoms with van der Waals surface area (Å²) in [6.07, 6.45) is 1.95. The molecule has 0 fully saturated rings. The van der Waals surface area contributed by atoms with Crippen molar-refractivity contribution in [1.82, 2.24) is 4.57 Å². The molecule has 0 radical (unpaired) electrons. The van der Waals surface area contributed by atoms with E-state index in [-0.39, 0.29) is 0 Å². The normalized spacial score (nSPS) is 11.3. The van der Waals surface area contributed by atoms with Crippen molar-refractivity contribution in [2.75, 3.05) is 0 Å². The third-order valence-electron chi connectivity index (χ3n) is 4.06. The topological polar surface area (TPSA) is 28.7 Å². The second kappa shape index (κ2) is 6.78. The molecule has 3 aromatic rings. The second-order valence-electron chi connectivity index (χ2n) is 5.67. The Morgan fingerprint density at radius 3 is 2.33 bits per heavy atom. The van der Waals surface area contributed by atoms with Gasteiger partial charge in [-0.3, -0.25) is 0 Å². The quantitative estimate of drug-likeness (QED) is 0.556. The minimum absolute atomic E-state index is 0.659. The molecule has 3 rings (SSSR count). The van der Waals surface area contributed by atoms with Gasteiger partial charge in [-0.1, -0.05) is 41.9 Å². The zero-order valence-electron chi connectivity index (χ0n) is 13.6. The first kappa shape index (κ1) is 16.1. The summed E-state index contributed by atoms with van der Waals surface area (Å²) in [7, 11) is 0. The van der Waals surface area contributed by atoms with Crippen LogP contribution in [0, 0.1) is 25.2 Å². The monoisotopic (exact) mass is 332 g/mol. The maximum absolute atomic E-state index is 9.52. The first-order chi connectivity index (χ1) is 11.6. The van der Waals surface area contributed by atoms with E-state index in [1.807, 2.05) is 60.7 Å². The van der Waals surface area contributed by atoms with Crippen molar-refractivity contribution in [3.63, 3.8) is 0 Å². The first-order valence-corrected chi connectivity index (χ1v) is 8.10. The van der Waals surface area contributed by atoms with Crippen molar-refractivity contribution in [1.29, 1.82) is 5.26 Å². The van der Waals surface area contributed by atoms with E-state index in [0.29, 0.717) is 5.57 Å². The Kier molecular flexibility index (Phi) is 4.55. The van der Waals surface area contributed by atoms with Gasteiger partial charge in [0.25, 0.3) is 0 Å². The summed E-state index contributed by atoms with van der Waals surface area (Å²) in [5, 5.41) is 10.2. The number of nitriles is 1. The number of halogens is 1. The number of hydrogen-bond donors (Lipinski definition) is 0. The maximum atomic E-state index is 9.52. The molecule has 0 amide bonds. The molecule has 0 saturated carbocycles. The van der Waals surface area contributed by atoms with Gasteiger partial charge in [-0.05, 0) is 61.4 Å². The number of benzene rings is 2. The van der Waals surface area contributed by atoms with E-state index < -0.39 is 0 Å². The molecule has 3 heteroatoms. The highest BCUT2D eigenvalue weighted by atomic mass is 35.5. The third kappa shape index (κ3) is 3.13. The fourth-order valence-corrected chi connectivity index (χ4v) is 3.00. The molecule has 1 heterocycles. The lowest BCUT2D eigenvalue weighted by Gasteiger charge is -2.09. The molecular formula is C21H17ClN2. The summed E-state index contributed by atoms with van der Waals surface area (Å²) < 4.78 is 2.17. The Bertz CT molecular complexity index is 926. The van der Waals surface area contributed by atoms with Gasteiger partial charge in [0, 0.05) is 22.1 Å². The van der Waals surface area contributed by atoms with Crippen LogP contribution in [0.5, 0.6) is 0 Å². The molecule has 0 N–H and O–H groups in total. The van der Waals surface area contributed by atoms with E-state index >= 15 is 0 Å². The van der Waals surface area contributed by atoms with Gasteiger partial charge in [-0.25, -0.2) is 0 Å². The van der Waals surface area contributed by atoms with Crippen molar-refractivity contribution in [3.8, 4) is 11.8 Å². The lowest BCUT2D eigenvalue weighted by Crippen LogP contribution is -1.98. The lowest BCUT2D eigenvalue weighted by molar-refractivity contribution is 0.964. The summed E-state index contributed by atoms with van der Waals surface area (Å²) in [6.45, 7) is 4.13. The zero-order valence-corrected chi connectivity index (χ0v) is 14.4. The standard InChI is InChI=1S/C21H17ClN2/c1-15-12-18(13-19(14-23)17-6-4-3-5-7-17)16(2)24(15)21-10-8-20(22)9-11-21/h3-13H,1-2H3/b19-13-. The molecule has 0 atom stereocenters. The van der Waals surface area contributed by atoms with Crippen LogP contribution in [0.15, 0.2) is 60.7 Å². The number of aryl methyl sites for hydroxylation is 1. The van der Waals surface area contributed by atoms with E-state index in [2.05, 4.69) is 30.6 Å². The summed E-state index contributed by atoms with van der Waals surface area (Å²) in [5.41, 5.74) is 5.91. The molecule has 0 aliphatic carbocycles. The highest BCUT2D eigenvalue weighted by molar-refractivity contribution is 6.30. The van der Waals surface area contributed by atoms with Crippen LogP contribution in [0.3, 0.4) is 0 Å². The van der Waals surface area contributed by atoms with Crippen LogP contribution in [0.4, 0.5) is 0 Å². The molecule has 2 nitrogen and oxygen atoms in total. The Hall–Kier alpha value is -2.76. The van der Waals surface area contributed by atoms with Crippen molar-refractivity contribution in [2.24, 2.45) is 0 Å². The van der Waals surface area contributed by atoms with Crippen molar-refractivity contribution >= 4 is 23.3 Å². The van der Waals surface area contributed by atoms with E-state index in [1.165, 1.54) is 0 Å². The predicted octanol–water partition coefficient (Wildman–Crippen LogP) is 5.81. The van der Waals surface area contributed by atoms with E-state index in [9.17, 15) is 5.26 Å². The summed E-state index contributed by atoms with van der Waals surface area (Å²) in [6, 6.07) is 21.9. The number of allylic oxidation sites excluding steroid dienone is 1. The Morgan fingerprint density at radius 1 is 1.04 bits per heavy atom. The number of hydrogen-bond acceptors (Lipinski definition) is 1. The van der Waals surface area contributed by atoms with Crippen LogP contribution in [-0.4, -0.2) is 4.57 Å². The molecule has 118 valence electrons. The van der Waals surface area contributed by atoms with Gasteiger partial charge in [0.15, 0.2) is 0 Å². The van der Waals surface area contributed by atoms with Gasteiger partial charge < -0.3 is 4.57 Å². The smallest absolute Gasteiger partial charge is 0.0998 e. The number of aromatic nitrogens is 1. The van der Waals surface area contributed by atoms with Crippen molar-refractivity contribution in [2.45, 2.75) is 13.8 Å². The predicted molar refractivity (Wildman–Crippen MR) is 100 cm³/mol. The van der Waals surface area contributed by atoms with Crippen LogP contribution < -0.4 is 0 Å². The highest BCUT2D eigenvalue weighted by Gasteiger charge is 2.10. The van der Waals surface area contributed by atoms with E-state index in [0.717, 1.165) is 33.2 Å². The average molecular weight is 333 g/mol. The molecule has 0 aliphatic rings. The summed E-state index contributed by atoms with van der Waals surface area (Å²) in [5.74, 6) is 0. The fraction of sp³-hybridized carbons (Fsp3) is 0.0952. The molecule has 0 unspecified atom stereocenters. The fourth-order valence-electron chi connectivity index (χ4n) is 2.87. The van der Waals surface area contributed by atoms with Crippen LogP contribution in [0.2, 0.25) is 5.02 Å². The molecular weight excluding hydrogens is 316 g/mol. The minimum atomic E-state index is 0.659. The van der Waals surface area contributed by atoms with E-state index in [1.54, 1.807) is 0 Å². The largest absolute Gasteiger partial charge is 0.318 e. The van der Waals surface area contributed by atoms with Crippen LogP contribution in [0.25, 0.3) is 17.3 Å². The van der Waals surface area contributed by atoms with Crippen LogP contribution in [-0.2, 0) is 0 Å². The summed E-state index contributed by atoms with van der Waals surface area (Å²) in [4.78, 5) is 0. The van der Waals surface area contributed by atoms with Crippen LogP contribution in [0.1, 0.15) is 22.5 Å². The van der Waals surface area contributed by atoms with Crippen molar-refractivity contribution < 1.29 is 0 Å².